The highest BCUT2D eigenvalue weighted by atomic mass is 16.5. The van der Waals surface area contributed by atoms with Gasteiger partial charge in [0.15, 0.2) is 0 Å². The Kier molecular flexibility index (Phi) is 6.45. The third kappa shape index (κ3) is 4.45. The summed E-state index contributed by atoms with van der Waals surface area (Å²) in [5.41, 5.74) is 0.688. The van der Waals surface area contributed by atoms with E-state index in [9.17, 15) is 14.4 Å². The van der Waals surface area contributed by atoms with Gasteiger partial charge in [0.25, 0.3) is 5.91 Å². The number of aromatic nitrogens is 2. The topological polar surface area (TPSA) is 105 Å². The Bertz CT molecular complexity index is 1040. The summed E-state index contributed by atoms with van der Waals surface area (Å²) in [7, 11) is 1.30. The van der Waals surface area contributed by atoms with Gasteiger partial charge in [0.2, 0.25) is 0 Å². The van der Waals surface area contributed by atoms with E-state index in [1.165, 1.54) is 26.4 Å². The van der Waals surface area contributed by atoms with E-state index in [0.717, 1.165) is 37.0 Å². The molecular weight excluding hydrogens is 458 g/mol. The Labute approximate surface area is 213 Å². The summed E-state index contributed by atoms with van der Waals surface area (Å²) in [6.07, 6.45) is 7.33. The van der Waals surface area contributed by atoms with Gasteiger partial charge in [-0.2, -0.15) is 0 Å². The van der Waals surface area contributed by atoms with Crippen LogP contribution in [0, 0.1) is 24.7 Å². The summed E-state index contributed by atoms with van der Waals surface area (Å²) in [4.78, 5) is 52.0. The molecule has 5 aliphatic rings. The van der Waals surface area contributed by atoms with Crippen LogP contribution in [0.15, 0.2) is 0 Å². The minimum atomic E-state index is -0.608. The molecule has 2 heterocycles. The standard InChI is InChI=1S/C27H39N5O4/c1-15(2)22-21(25(34)36-5)23(29-17(4)28-22)24(33)31-6-7-32(16(3)14-31)26(35)30-27-11-18-8-19(12-27)10-20(9-18)13-27/h15-16,18-20H,6-14H2,1-5H3,(H,30,35). The van der Waals surface area contributed by atoms with Gasteiger partial charge < -0.3 is 19.9 Å². The Morgan fingerprint density at radius 2 is 1.64 bits per heavy atom. The number of nitrogens with one attached hydrogen (secondary N) is 1. The lowest BCUT2D eigenvalue weighted by Gasteiger charge is -2.57. The molecule has 1 aromatic rings. The second-order valence-electron chi connectivity index (χ2n) is 11.9. The minimum Gasteiger partial charge on any atom is -0.465 e. The Balaban J connectivity index is 1.29. The van der Waals surface area contributed by atoms with Crippen LogP contribution in [-0.4, -0.2) is 76.0 Å². The molecule has 0 aromatic carbocycles. The summed E-state index contributed by atoms with van der Waals surface area (Å²) in [5, 5.41) is 3.46. The SMILES string of the molecule is COC(=O)c1c(C(=O)N2CCN(C(=O)NC34CC5CC(CC(C5)C3)C4)C(C)C2)nc(C)nc1C(C)C. The minimum absolute atomic E-state index is 0.00762. The predicted octanol–water partition coefficient (Wildman–Crippen LogP) is 3.52. The van der Waals surface area contributed by atoms with Gasteiger partial charge in [-0.05, 0) is 76.0 Å². The number of rotatable bonds is 4. The normalized spacial score (nSPS) is 31.1. The number of methoxy groups -OCH3 is 1. The lowest BCUT2D eigenvalue weighted by Crippen LogP contribution is -2.65. The van der Waals surface area contributed by atoms with E-state index in [1.807, 2.05) is 25.7 Å². The molecule has 1 unspecified atom stereocenters. The van der Waals surface area contributed by atoms with Gasteiger partial charge in [0.1, 0.15) is 17.1 Å². The lowest BCUT2D eigenvalue weighted by molar-refractivity contribution is -0.0176. The van der Waals surface area contributed by atoms with Crippen molar-refractivity contribution < 1.29 is 19.1 Å². The molecule has 0 spiro atoms. The number of piperazine rings is 1. The zero-order valence-electron chi connectivity index (χ0n) is 22.2. The van der Waals surface area contributed by atoms with Crippen LogP contribution in [0.4, 0.5) is 4.79 Å². The molecule has 1 atom stereocenters. The fourth-order valence-corrected chi connectivity index (χ4v) is 7.63. The molecule has 1 N–H and O–H groups in total. The number of urea groups is 1. The zero-order valence-corrected chi connectivity index (χ0v) is 22.2. The zero-order chi connectivity index (χ0) is 25.8. The van der Waals surface area contributed by atoms with Crippen LogP contribution >= 0.6 is 0 Å². The van der Waals surface area contributed by atoms with Gasteiger partial charge in [-0.15, -0.1) is 0 Å². The maximum atomic E-state index is 13.6. The number of ether oxygens (including phenoxy) is 1. The van der Waals surface area contributed by atoms with Crippen molar-refractivity contribution in [1.29, 1.82) is 0 Å². The van der Waals surface area contributed by atoms with Crippen LogP contribution in [0.5, 0.6) is 0 Å². The Hall–Kier alpha value is -2.71. The van der Waals surface area contributed by atoms with Gasteiger partial charge in [0, 0.05) is 31.2 Å². The molecule has 4 aliphatic carbocycles. The lowest BCUT2D eigenvalue weighted by atomic mass is 9.53. The summed E-state index contributed by atoms with van der Waals surface area (Å²) in [6, 6.07) is -0.155. The Morgan fingerprint density at radius 1 is 1.03 bits per heavy atom. The van der Waals surface area contributed by atoms with E-state index in [0.29, 0.717) is 31.2 Å². The number of aryl methyl sites for hydroxylation is 1. The maximum Gasteiger partial charge on any atom is 0.342 e. The molecule has 1 saturated heterocycles. The quantitative estimate of drug-likeness (QED) is 0.638. The smallest absolute Gasteiger partial charge is 0.342 e. The first-order chi connectivity index (χ1) is 17.1. The number of esters is 1. The third-order valence-electron chi connectivity index (χ3n) is 8.77. The molecule has 6 rings (SSSR count). The van der Waals surface area contributed by atoms with Crippen LogP contribution in [0.2, 0.25) is 0 Å². The van der Waals surface area contributed by atoms with Crippen molar-refractivity contribution in [2.24, 2.45) is 17.8 Å². The van der Waals surface area contributed by atoms with Crippen molar-refractivity contribution in [3.63, 3.8) is 0 Å². The molecule has 36 heavy (non-hydrogen) atoms. The van der Waals surface area contributed by atoms with E-state index in [-0.39, 0.29) is 40.7 Å². The summed E-state index contributed by atoms with van der Waals surface area (Å²) < 4.78 is 4.98. The number of hydrogen-bond acceptors (Lipinski definition) is 6. The van der Waals surface area contributed by atoms with Crippen LogP contribution in [0.3, 0.4) is 0 Å². The highest BCUT2D eigenvalue weighted by Gasteiger charge is 2.52. The van der Waals surface area contributed by atoms with Gasteiger partial charge in [-0.1, -0.05) is 13.8 Å². The first kappa shape index (κ1) is 25.0. The molecular formula is C27H39N5O4. The second kappa shape index (κ2) is 9.30. The summed E-state index contributed by atoms with van der Waals surface area (Å²) in [5.74, 6) is 1.73. The summed E-state index contributed by atoms with van der Waals surface area (Å²) in [6.45, 7) is 8.76. The van der Waals surface area contributed by atoms with Gasteiger partial charge in [-0.25, -0.2) is 19.6 Å². The van der Waals surface area contributed by atoms with Crippen molar-refractivity contribution in [3.05, 3.63) is 22.8 Å². The second-order valence-corrected chi connectivity index (χ2v) is 11.9. The van der Waals surface area contributed by atoms with E-state index >= 15 is 0 Å². The van der Waals surface area contributed by atoms with E-state index < -0.39 is 5.97 Å². The molecule has 9 nitrogen and oxygen atoms in total. The Morgan fingerprint density at radius 3 is 2.17 bits per heavy atom. The predicted molar refractivity (Wildman–Crippen MR) is 134 cm³/mol. The van der Waals surface area contributed by atoms with Crippen LogP contribution in [0.25, 0.3) is 0 Å². The molecule has 4 saturated carbocycles. The third-order valence-corrected chi connectivity index (χ3v) is 8.77. The van der Waals surface area contributed by atoms with Crippen molar-refractivity contribution >= 4 is 17.9 Å². The fraction of sp³-hybridized carbons (Fsp3) is 0.741. The van der Waals surface area contributed by atoms with Crippen LogP contribution < -0.4 is 5.32 Å². The van der Waals surface area contributed by atoms with Crippen molar-refractivity contribution in [3.8, 4) is 0 Å². The average molecular weight is 498 g/mol. The maximum absolute atomic E-state index is 13.6. The molecule has 1 aliphatic heterocycles. The first-order valence-corrected chi connectivity index (χ1v) is 13.4. The number of carbonyl (C=O) groups is 3. The average Bonchev–Trinajstić information content (AvgIpc) is 2.81. The molecule has 0 radical (unpaired) electrons. The molecule has 9 heteroatoms. The highest BCUT2D eigenvalue weighted by Crippen LogP contribution is 2.55. The fourth-order valence-electron chi connectivity index (χ4n) is 7.63. The summed E-state index contributed by atoms with van der Waals surface area (Å²) >= 11 is 0. The van der Waals surface area contributed by atoms with E-state index in [1.54, 1.807) is 11.8 Å². The largest absolute Gasteiger partial charge is 0.465 e. The van der Waals surface area contributed by atoms with Gasteiger partial charge in [0.05, 0.1) is 12.8 Å². The van der Waals surface area contributed by atoms with Crippen molar-refractivity contribution in [2.45, 2.75) is 83.7 Å². The van der Waals surface area contributed by atoms with Crippen molar-refractivity contribution in [1.82, 2.24) is 25.1 Å². The molecule has 5 fully saturated rings. The highest BCUT2D eigenvalue weighted by molar-refractivity contribution is 6.04. The number of nitrogens with zero attached hydrogens (tertiary/aromatic N) is 4. The first-order valence-electron chi connectivity index (χ1n) is 13.4. The monoisotopic (exact) mass is 497 g/mol. The molecule has 3 amide bonds. The van der Waals surface area contributed by atoms with Crippen molar-refractivity contribution in [2.75, 3.05) is 26.7 Å². The number of carbonyl (C=O) groups excluding carboxylic acids is 3. The molecule has 196 valence electrons. The number of amides is 3. The molecule has 4 bridgehead atoms. The molecule has 1 aromatic heterocycles. The number of hydrogen-bond donors (Lipinski definition) is 1. The van der Waals surface area contributed by atoms with Crippen LogP contribution in [-0.2, 0) is 4.74 Å². The van der Waals surface area contributed by atoms with Gasteiger partial charge in [-0.3, -0.25) is 4.79 Å². The van der Waals surface area contributed by atoms with E-state index in [2.05, 4.69) is 15.3 Å². The van der Waals surface area contributed by atoms with Crippen LogP contribution in [0.1, 0.15) is 97.6 Å². The van der Waals surface area contributed by atoms with Gasteiger partial charge >= 0.3 is 12.0 Å². The van der Waals surface area contributed by atoms with E-state index in [4.69, 9.17) is 4.74 Å².